The summed E-state index contributed by atoms with van der Waals surface area (Å²) in [7, 11) is 0. The number of carboxylic acids is 3. The van der Waals surface area contributed by atoms with Crippen LogP contribution in [0.15, 0.2) is 24.3 Å². The second kappa shape index (κ2) is 7.40. The zero-order chi connectivity index (χ0) is 18.6. The maximum absolute atomic E-state index is 11.5. The number of carboxylic acid groups (broad SMARTS) is 3. The highest BCUT2D eigenvalue weighted by atomic mass is 16.5. The molecule has 0 saturated carbocycles. The zero-order valence-corrected chi connectivity index (χ0v) is 13.0. The predicted molar refractivity (Wildman–Crippen MR) is 81.4 cm³/mol. The van der Waals surface area contributed by atoms with E-state index in [4.69, 9.17) is 14.9 Å². The molecule has 1 rings (SSSR count). The van der Waals surface area contributed by atoms with Gasteiger partial charge in [-0.05, 0) is 31.5 Å². The Labute approximate surface area is 137 Å². The van der Waals surface area contributed by atoms with Gasteiger partial charge in [0.05, 0.1) is 16.7 Å². The molecule has 3 N–H and O–H groups in total. The smallest absolute Gasteiger partial charge is 0.336 e. The van der Waals surface area contributed by atoms with Gasteiger partial charge >= 0.3 is 23.9 Å². The van der Waals surface area contributed by atoms with Gasteiger partial charge in [-0.1, -0.05) is 6.58 Å². The highest BCUT2D eigenvalue weighted by molar-refractivity contribution is 6.04. The molecule has 0 fully saturated rings. The molecule has 0 aliphatic heterocycles. The molecule has 0 amide bonds. The first-order chi connectivity index (χ1) is 11.0. The van der Waals surface area contributed by atoms with Crippen molar-refractivity contribution in [2.45, 2.75) is 26.4 Å². The third-order valence-electron chi connectivity index (χ3n) is 3.10. The van der Waals surface area contributed by atoms with Crippen LogP contribution >= 0.6 is 0 Å². The summed E-state index contributed by atoms with van der Waals surface area (Å²) >= 11 is 0. The fourth-order valence-electron chi connectivity index (χ4n) is 2.00. The van der Waals surface area contributed by atoms with Gasteiger partial charge in [-0.3, -0.25) is 0 Å². The number of aromatic carboxylic acids is 3. The lowest BCUT2D eigenvalue weighted by molar-refractivity contribution is -0.143. The number of ether oxygens (including phenoxy) is 1. The normalized spacial score (nSPS) is 11.4. The number of carbonyl (C=O) groups excluding carboxylic acids is 1. The molecule has 1 atom stereocenters. The molecule has 1 unspecified atom stereocenters. The second-order valence-corrected chi connectivity index (χ2v) is 5.17. The molecule has 128 valence electrons. The Hall–Kier alpha value is -3.16. The predicted octanol–water partition coefficient (Wildman–Crippen LogP) is 1.83. The Morgan fingerprint density at radius 3 is 1.88 bits per heavy atom. The summed E-state index contributed by atoms with van der Waals surface area (Å²) in [6.07, 6.45) is -0.856. The summed E-state index contributed by atoms with van der Waals surface area (Å²) in [4.78, 5) is 45.1. The minimum absolute atomic E-state index is 0.0481. The van der Waals surface area contributed by atoms with Gasteiger partial charge < -0.3 is 20.1 Å². The average molecular weight is 336 g/mol. The molecule has 8 heteroatoms. The van der Waals surface area contributed by atoms with E-state index in [0.717, 1.165) is 12.1 Å². The van der Waals surface area contributed by atoms with Crippen LogP contribution in [0, 0.1) is 0 Å². The van der Waals surface area contributed by atoms with Crippen LogP contribution in [0.5, 0.6) is 0 Å². The molecule has 0 spiro atoms. The van der Waals surface area contributed by atoms with Gasteiger partial charge in [0, 0.05) is 12.0 Å². The summed E-state index contributed by atoms with van der Waals surface area (Å²) < 4.78 is 5.03. The zero-order valence-electron chi connectivity index (χ0n) is 13.0. The van der Waals surface area contributed by atoms with E-state index < -0.39 is 41.1 Å². The fraction of sp³-hybridized carbons (Fsp3) is 0.250. The highest BCUT2D eigenvalue weighted by Gasteiger charge is 2.23. The van der Waals surface area contributed by atoms with Gasteiger partial charge in [0.25, 0.3) is 0 Å². The first-order valence-corrected chi connectivity index (χ1v) is 6.77. The van der Waals surface area contributed by atoms with Gasteiger partial charge in [0.1, 0.15) is 6.10 Å². The van der Waals surface area contributed by atoms with Crippen molar-refractivity contribution >= 4 is 23.9 Å². The Kier molecular flexibility index (Phi) is 5.83. The van der Waals surface area contributed by atoms with Crippen molar-refractivity contribution in [2.24, 2.45) is 0 Å². The van der Waals surface area contributed by atoms with Gasteiger partial charge in [-0.15, -0.1) is 0 Å². The lowest BCUT2D eigenvalue weighted by atomic mass is 9.95. The van der Waals surface area contributed by atoms with Crippen LogP contribution in [0.2, 0.25) is 0 Å². The van der Waals surface area contributed by atoms with E-state index in [1.54, 1.807) is 0 Å². The molecular weight excluding hydrogens is 320 g/mol. The van der Waals surface area contributed by atoms with Gasteiger partial charge in [-0.2, -0.15) is 0 Å². The van der Waals surface area contributed by atoms with Gasteiger partial charge in [0.15, 0.2) is 0 Å². The monoisotopic (exact) mass is 336 g/mol. The lowest BCUT2D eigenvalue weighted by Gasteiger charge is -2.16. The van der Waals surface area contributed by atoms with Crippen LogP contribution in [0.3, 0.4) is 0 Å². The van der Waals surface area contributed by atoms with E-state index in [9.17, 15) is 24.3 Å². The van der Waals surface area contributed by atoms with Crippen molar-refractivity contribution in [1.82, 2.24) is 0 Å². The lowest BCUT2D eigenvalue weighted by Crippen LogP contribution is -2.20. The maximum Gasteiger partial charge on any atom is 0.336 e. The van der Waals surface area contributed by atoms with E-state index in [1.807, 2.05) is 0 Å². The topological polar surface area (TPSA) is 138 Å². The molecule has 0 radical (unpaired) electrons. The maximum atomic E-state index is 11.5. The van der Waals surface area contributed by atoms with Crippen LogP contribution in [0.1, 0.15) is 50.5 Å². The van der Waals surface area contributed by atoms with Crippen molar-refractivity contribution in [3.8, 4) is 0 Å². The minimum Gasteiger partial charge on any atom is -0.478 e. The summed E-state index contributed by atoms with van der Waals surface area (Å²) in [5, 5.41) is 27.4. The summed E-state index contributed by atoms with van der Waals surface area (Å²) in [6.45, 7) is 6.36. The van der Waals surface area contributed by atoms with Crippen molar-refractivity contribution in [2.75, 3.05) is 0 Å². The average Bonchev–Trinajstić information content (AvgIpc) is 2.45. The van der Waals surface area contributed by atoms with Crippen molar-refractivity contribution in [3.05, 3.63) is 46.5 Å². The molecule has 0 aliphatic carbocycles. The van der Waals surface area contributed by atoms with Crippen LogP contribution < -0.4 is 0 Å². The molecular formula is C16H16O8. The Bertz CT molecular complexity index is 732. The van der Waals surface area contributed by atoms with Gasteiger partial charge in [0.2, 0.25) is 0 Å². The molecule has 24 heavy (non-hydrogen) atoms. The molecule has 0 aliphatic rings. The molecule has 0 bridgehead atoms. The number of benzene rings is 1. The standard InChI is InChI=1S/C16H16O8/c1-7(2)16(23)24-8(3)4-9-5-11(14(19)20)12(15(21)22)6-10(9)13(17)18/h5-6,8H,1,4H2,2-3H3,(H,17,18)(H,19,20)(H,21,22). The molecule has 1 aromatic carbocycles. The second-order valence-electron chi connectivity index (χ2n) is 5.17. The number of carbonyl (C=O) groups is 4. The molecule has 0 saturated heterocycles. The van der Waals surface area contributed by atoms with E-state index >= 15 is 0 Å². The number of hydrogen-bond donors (Lipinski definition) is 3. The molecule has 0 heterocycles. The van der Waals surface area contributed by atoms with E-state index in [0.29, 0.717) is 0 Å². The molecule has 1 aromatic rings. The largest absolute Gasteiger partial charge is 0.478 e. The minimum atomic E-state index is -1.55. The van der Waals surface area contributed by atoms with Crippen molar-refractivity contribution in [3.63, 3.8) is 0 Å². The Morgan fingerprint density at radius 2 is 1.46 bits per heavy atom. The first-order valence-electron chi connectivity index (χ1n) is 6.77. The van der Waals surface area contributed by atoms with Crippen LogP contribution in [0.4, 0.5) is 0 Å². The van der Waals surface area contributed by atoms with E-state index in [1.165, 1.54) is 13.8 Å². The van der Waals surface area contributed by atoms with Crippen molar-refractivity contribution in [1.29, 1.82) is 0 Å². The summed E-state index contributed by atoms with van der Waals surface area (Å²) in [5.74, 6) is -5.14. The van der Waals surface area contributed by atoms with Crippen LogP contribution in [-0.4, -0.2) is 45.3 Å². The van der Waals surface area contributed by atoms with Gasteiger partial charge in [-0.25, -0.2) is 19.2 Å². The SMILES string of the molecule is C=C(C)C(=O)OC(C)Cc1cc(C(=O)O)c(C(=O)O)cc1C(=O)O. The summed E-state index contributed by atoms with van der Waals surface area (Å²) in [5.41, 5.74) is -1.33. The number of esters is 1. The van der Waals surface area contributed by atoms with E-state index in [2.05, 4.69) is 6.58 Å². The molecule has 8 nitrogen and oxygen atoms in total. The molecule has 0 aromatic heterocycles. The van der Waals surface area contributed by atoms with Crippen LogP contribution in [-0.2, 0) is 16.0 Å². The third-order valence-corrected chi connectivity index (χ3v) is 3.10. The highest BCUT2D eigenvalue weighted by Crippen LogP contribution is 2.21. The quantitative estimate of drug-likeness (QED) is 0.506. The summed E-state index contributed by atoms with van der Waals surface area (Å²) in [6, 6.07) is 1.76. The van der Waals surface area contributed by atoms with E-state index in [-0.39, 0.29) is 23.1 Å². The Balaban J connectivity index is 3.30. The first kappa shape index (κ1) is 18.9. The van der Waals surface area contributed by atoms with Crippen LogP contribution in [0.25, 0.3) is 0 Å². The third kappa shape index (κ3) is 4.42. The Morgan fingerprint density at radius 1 is 1.00 bits per heavy atom. The van der Waals surface area contributed by atoms with Crippen molar-refractivity contribution < 1.29 is 39.2 Å². The number of rotatable bonds is 7. The fourth-order valence-corrected chi connectivity index (χ4v) is 2.00. The number of hydrogen-bond acceptors (Lipinski definition) is 5.